The number of allylic oxidation sites excluding steroid dienone is 3. The molecule has 0 aliphatic carbocycles. The van der Waals surface area contributed by atoms with Gasteiger partial charge >= 0.3 is 0 Å². The monoisotopic (exact) mass is 158 g/mol. The Balaban J connectivity index is 4.68. The Morgan fingerprint density at radius 1 is 1.64 bits per heavy atom. The van der Waals surface area contributed by atoms with Crippen LogP contribution in [0.3, 0.4) is 0 Å². The van der Waals surface area contributed by atoms with Gasteiger partial charge < -0.3 is 10.8 Å². The molecule has 0 fully saturated rings. The third-order valence-electron chi connectivity index (χ3n) is 1.01. The molecule has 0 rings (SSSR count). The van der Waals surface area contributed by atoms with Gasteiger partial charge in [-0.1, -0.05) is 0 Å². The molecule has 5 heteroatoms. The summed E-state index contributed by atoms with van der Waals surface area (Å²) in [5.41, 5.74) is 5.19. The average Bonchev–Trinajstić information content (AvgIpc) is 1.84. The lowest BCUT2D eigenvalue weighted by atomic mass is 10.3. The minimum Gasteiger partial charge on any atom is -0.502 e. The zero-order chi connectivity index (χ0) is 9.02. The highest BCUT2D eigenvalue weighted by Gasteiger charge is 2.08. The van der Waals surface area contributed by atoms with Crippen molar-refractivity contribution in [1.82, 2.24) is 0 Å². The molecule has 62 valence electrons. The van der Waals surface area contributed by atoms with Gasteiger partial charge in [0.2, 0.25) is 0 Å². The molecule has 0 spiro atoms. The number of nitro groups is 1. The van der Waals surface area contributed by atoms with E-state index in [0.29, 0.717) is 5.70 Å². The molecule has 0 saturated heterocycles. The maximum Gasteiger partial charge on any atom is 0.284 e. The van der Waals surface area contributed by atoms with Gasteiger partial charge in [0.05, 0.1) is 4.92 Å². The molecule has 11 heavy (non-hydrogen) atoms. The van der Waals surface area contributed by atoms with E-state index in [1.54, 1.807) is 0 Å². The van der Waals surface area contributed by atoms with Gasteiger partial charge in [0.15, 0.2) is 5.76 Å². The third-order valence-corrected chi connectivity index (χ3v) is 1.01. The first-order valence-electron chi connectivity index (χ1n) is 2.93. The lowest BCUT2D eigenvalue weighted by molar-refractivity contribution is -0.427. The van der Waals surface area contributed by atoms with E-state index in [1.165, 1.54) is 13.8 Å². The SMILES string of the molecule is C/C(=C(O)\C=C(/C)N)[N+](=O)[O-]. The van der Waals surface area contributed by atoms with Gasteiger partial charge in [-0.25, -0.2) is 0 Å². The van der Waals surface area contributed by atoms with E-state index in [1.807, 2.05) is 0 Å². The van der Waals surface area contributed by atoms with Crippen LogP contribution in [-0.2, 0) is 0 Å². The van der Waals surface area contributed by atoms with Crippen molar-refractivity contribution >= 4 is 0 Å². The van der Waals surface area contributed by atoms with E-state index in [-0.39, 0.29) is 5.70 Å². The highest BCUT2D eigenvalue weighted by Crippen LogP contribution is 2.03. The molecule has 0 unspecified atom stereocenters. The lowest BCUT2D eigenvalue weighted by Crippen LogP contribution is -1.99. The first kappa shape index (κ1) is 9.48. The van der Waals surface area contributed by atoms with Gasteiger partial charge in [0.25, 0.3) is 5.70 Å². The van der Waals surface area contributed by atoms with Crippen LogP contribution in [0.25, 0.3) is 0 Å². The van der Waals surface area contributed by atoms with Crippen LogP contribution in [0.5, 0.6) is 0 Å². The van der Waals surface area contributed by atoms with Crippen LogP contribution in [0.1, 0.15) is 13.8 Å². The topological polar surface area (TPSA) is 89.4 Å². The van der Waals surface area contributed by atoms with Crippen LogP contribution in [0.15, 0.2) is 23.2 Å². The molecule has 0 bridgehead atoms. The van der Waals surface area contributed by atoms with Gasteiger partial charge in [0.1, 0.15) is 0 Å². The summed E-state index contributed by atoms with van der Waals surface area (Å²) in [4.78, 5) is 9.37. The van der Waals surface area contributed by atoms with Gasteiger partial charge in [-0.3, -0.25) is 10.1 Å². The fourth-order valence-electron chi connectivity index (χ4n) is 0.414. The van der Waals surface area contributed by atoms with E-state index in [4.69, 9.17) is 10.8 Å². The molecule has 0 aliphatic heterocycles. The van der Waals surface area contributed by atoms with Crippen molar-refractivity contribution in [1.29, 1.82) is 0 Å². The second kappa shape index (κ2) is 3.60. The standard InChI is InChI=1S/C6H10N2O3/c1-4(7)3-6(9)5(2)8(10)11/h3,9H,7H2,1-2H3/b4-3+,6-5-. The highest BCUT2D eigenvalue weighted by atomic mass is 16.6. The van der Waals surface area contributed by atoms with Crippen LogP contribution in [0.4, 0.5) is 0 Å². The number of hydrogen-bond acceptors (Lipinski definition) is 4. The Kier molecular flexibility index (Phi) is 3.10. The Hall–Kier alpha value is -1.52. The molecule has 0 heterocycles. The Bertz CT molecular complexity index is 226. The molecule has 0 amide bonds. The zero-order valence-corrected chi connectivity index (χ0v) is 6.37. The van der Waals surface area contributed by atoms with Crippen molar-refractivity contribution in [3.05, 3.63) is 33.3 Å². The number of hydrogen-bond donors (Lipinski definition) is 2. The fraction of sp³-hybridized carbons (Fsp3) is 0.333. The molecule has 0 radical (unpaired) electrons. The van der Waals surface area contributed by atoms with Crippen molar-refractivity contribution < 1.29 is 10.0 Å². The van der Waals surface area contributed by atoms with Crippen LogP contribution in [0.2, 0.25) is 0 Å². The molecule has 0 aromatic rings. The molecule has 3 N–H and O–H groups in total. The second-order valence-electron chi connectivity index (χ2n) is 2.12. The molecule has 5 nitrogen and oxygen atoms in total. The number of rotatable bonds is 2. The molecule has 0 saturated carbocycles. The molecular weight excluding hydrogens is 148 g/mol. The van der Waals surface area contributed by atoms with Crippen molar-refractivity contribution in [2.75, 3.05) is 0 Å². The predicted molar refractivity (Wildman–Crippen MR) is 40.3 cm³/mol. The van der Waals surface area contributed by atoms with E-state index >= 15 is 0 Å². The molecule has 0 atom stereocenters. The summed E-state index contributed by atoms with van der Waals surface area (Å²) in [5.74, 6) is -0.407. The molecular formula is C6H10N2O3. The zero-order valence-electron chi connectivity index (χ0n) is 6.37. The Morgan fingerprint density at radius 2 is 2.09 bits per heavy atom. The van der Waals surface area contributed by atoms with Crippen LogP contribution in [-0.4, -0.2) is 10.0 Å². The van der Waals surface area contributed by atoms with Gasteiger partial charge in [-0.15, -0.1) is 0 Å². The average molecular weight is 158 g/mol. The van der Waals surface area contributed by atoms with Gasteiger partial charge in [-0.2, -0.15) is 0 Å². The number of nitrogens with zero attached hydrogens (tertiary/aromatic N) is 1. The van der Waals surface area contributed by atoms with E-state index in [2.05, 4.69) is 0 Å². The quantitative estimate of drug-likeness (QED) is 0.270. The van der Waals surface area contributed by atoms with Crippen molar-refractivity contribution in [2.45, 2.75) is 13.8 Å². The Labute approximate surface area is 64.0 Å². The molecule has 0 aromatic heterocycles. The molecule has 0 aliphatic rings. The van der Waals surface area contributed by atoms with Gasteiger partial charge in [0, 0.05) is 18.7 Å². The van der Waals surface area contributed by atoms with Gasteiger partial charge in [-0.05, 0) is 6.92 Å². The third kappa shape index (κ3) is 3.24. The summed E-state index contributed by atoms with van der Waals surface area (Å²) in [7, 11) is 0. The van der Waals surface area contributed by atoms with Crippen molar-refractivity contribution in [2.24, 2.45) is 5.73 Å². The maximum absolute atomic E-state index is 10.0. The fourth-order valence-corrected chi connectivity index (χ4v) is 0.414. The first-order chi connectivity index (χ1) is 4.95. The summed E-state index contributed by atoms with van der Waals surface area (Å²) in [6.07, 6.45) is 1.14. The van der Waals surface area contributed by atoms with Crippen LogP contribution >= 0.6 is 0 Å². The van der Waals surface area contributed by atoms with Crippen LogP contribution in [0, 0.1) is 10.1 Å². The normalized spacial score (nSPS) is 14.2. The Morgan fingerprint density at radius 3 is 2.36 bits per heavy atom. The molecule has 0 aromatic carbocycles. The summed E-state index contributed by atoms with van der Waals surface area (Å²) >= 11 is 0. The van der Waals surface area contributed by atoms with E-state index in [0.717, 1.165) is 6.08 Å². The predicted octanol–water partition coefficient (Wildman–Crippen LogP) is 0.915. The van der Waals surface area contributed by atoms with Crippen LogP contribution < -0.4 is 5.73 Å². The summed E-state index contributed by atoms with van der Waals surface area (Å²) < 4.78 is 0. The number of nitrogens with two attached hydrogens (primary N) is 1. The second-order valence-corrected chi connectivity index (χ2v) is 2.12. The first-order valence-corrected chi connectivity index (χ1v) is 2.93. The largest absolute Gasteiger partial charge is 0.502 e. The summed E-state index contributed by atoms with van der Waals surface area (Å²) in [6.45, 7) is 2.73. The number of aliphatic hydroxyl groups is 1. The minimum atomic E-state index is -0.672. The minimum absolute atomic E-state index is 0.310. The maximum atomic E-state index is 10.0. The summed E-state index contributed by atoms with van der Waals surface area (Å²) in [6, 6.07) is 0. The number of aliphatic hydroxyl groups excluding tert-OH is 1. The lowest BCUT2D eigenvalue weighted by Gasteiger charge is -1.93. The summed E-state index contributed by atoms with van der Waals surface area (Å²) in [5, 5.41) is 19.0. The van der Waals surface area contributed by atoms with E-state index in [9.17, 15) is 10.1 Å². The smallest absolute Gasteiger partial charge is 0.284 e. The van der Waals surface area contributed by atoms with Crippen molar-refractivity contribution in [3.63, 3.8) is 0 Å². The van der Waals surface area contributed by atoms with Crippen molar-refractivity contribution in [3.8, 4) is 0 Å². The van der Waals surface area contributed by atoms with E-state index < -0.39 is 10.7 Å². The highest BCUT2D eigenvalue weighted by molar-refractivity contribution is 5.16.